The van der Waals surface area contributed by atoms with Gasteiger partial charge in [0.15, 0.2) is 5.16 Å². The molecule has 28 heavy (non-hydrogen) atoms. The van der Waals surface area contributed by atoms with Gasteiger partial charge in [-0.2, -0.15) is 0 Å². The second kappa shape index (κ2) is 10.8. The molecule has 0 fully saturated rings. The SMILES string of the molecule is CC.CC.CSc1ncc2cc(-c3cc(C(=O)O)ccc3Cl)c(=O)n(C)c2n1. The van der Waals surface area contributed by atoms with E-state index >= 15 is 0 Å². The van der Waals surface area contributed by atoms with Gasteiger partial charge in [-0.1, -0.05) is 51.1 Å². The predicted molar refractivity (Wildman–Crippen MR) is 117 cm³/mol. The Bertz CT molecular complexity index is 1040. The van der Waals surface area contributed by atoms with E-state index in [-0.39, 0.29) is 11.1 Å². The van der Waals surface area contributed by atoms with E-state index in [0.29, 0.717) is 32.3 Å². The Kier molecular flexibility index (Phi) is 9.15. The molecule has 1 N–H and O–H groups in total. The topological polar surface area (TPSA) is 85.1 Å². The number of carboxylic acid groups (broad SMARTS) is 1. The summed E-state index contributed by atoms with van der Waals surface area (Å²) in [4.78, 5) is 32.4. The van der Waals surface area contributed by atoms with Crippen LogP contribution in [0.3, 0.4) is 0 Å². The first kappa shape index (κ1) is 23.7. The van der Waals surface area contributed by atoms with Gasteiger partial charge in [-0.25, -0.2) is 14.8 Å². The van der Waals surface area contributed by atoms with Gasteiger partial charge in [0.05, 0.1) is 5.56 Å². The molecular weight excluding hydrogens is 398 g/mol. The van der Waals surface area contributed by atoms with Crippen LogP contribution in [0.4, 0.5) is 0 Å². The Morgan fingerprint density at radius 3 is 2.36 bits per heavy atom. The minimum absolute atomic E-state index is 0.0607. The number of pyridine rings is 1. The van der Waals surface area contributed by atoms with Crippen LogP contribution in [-0.4, -0.2) is 31.9 Å². The smallest absolute Gasteiger partial charge is 0.335 e. The highest BCUT2D eigenvalue weighted by molar-refractivity contribution is 7.98. The van der Waals surface area contributed by atoms with Gasteiger partial charge in [0.1, 0.15) is 5.65 Å². The number of aromatic carboxylic acids is 1. The van der Waals surface area contributed by atoms with Crippen molar-refractivity contribution in [2.45, 2.75) is 32.9 Å². The molecule has 3 aromatic rings. The lowest BCUT2D eigenvalue weighted by Gasteiger charge is -2.10. The van der Waals surface area contributed by atoms with Crippen LogP contribution >= 0.6 is 23.4 Å². The molecule has 0 atom stereocenters. The van der Waals surface area contributed by atoms with Crippen LogP contribution in [-0.2, 0) is 7.05 Å². The monoisotopic (exact) mass is 421 g/mol. The first-order chi connectivity index (χ1) is 13.4. The summed E-state index contributed by atoms with van der Waals surface area (Å²) in [5.74, 6) is -1.08. The number of hydrogen-bond acceptors (Lipinski definition) is 5. The van der Waals surface area contributed by atoms with E-state index in [1.165, 1.54) is 34.5 Å². The summed E-state index contributed by atoms with van der Waals surface area (Å²) in [5.41, 5.74) is 0.934. The summed E-state index contributed by atoms with van der Waals surface area (Å²) in [7, 11) is 1.61. The third kappa shape index (κ3) is 4.91. The Morgan fingerprint density at radius 1 is 1.14 bits per heavy atom. The lowest BCUT2D eigenvalue weighted by molar-refractivity contribution is 0.0697. The Morgan fingerprint density at radius 2 is 1.79 bits per heavy atom. The fourth-order valence-corrected chi connectivity index (χ4v) is 2.94. The number of nitrogens with zero attached hydrogens (tertiary/aromatic N) is 3. The van der Waals surface area contributed by atoms with Crippen LogP contribution in [0.15, 0.2) is 40.4 Å². The molecule has 6 nitrogen and oxygen atoms in total. The number of thioether (sulfide) groups is 1. The van der Waals surface area contributed by atoms with E-state index in [9.17, 15) is 9.59 Å². The standard InChI is InChI=1S/C16H12ClN3O3S.2C2H6/c1-20-13-9(7-18-16(19-13)24-2)6-11(14(20)21)10-5-8(15(22)23)3-4-12(10)17;2*1-2/h3-7H,1-2H3,(H,22,23);2*1-2H3. The van der Waals surface area contributed by atoms with Crippen LogP contribution in [0.5, 0.6) is 0 Å². The number of aromatic nitrogens is 3. The van der Waals surface area contributed by atoms with Gasteiger partial charge in [-0.15, -0.1) is 0 Å². The number of benzene rings is 1. The minimum atomic E-state index is -1.08. The van der Waals surface area contributed by atoms with Gasteiger partial charge in [0.25, 0.3) is 5.56 Å². The normalized spacial score (nSPS) is 9.82. The van der Waals surface area contributed by atoms with Crippen molar-refractivity contribution in [3.8, 4) is 11.1 Å². The van der Waals surface area contributed by atoms with Crippen LogP contribution in [0.25, 0.3) is 22.2 Å². The molecule has 0 radical (unpaired) electrons. The summed E-state index contributed by atoms with van der Waals surface area (Å²) in [6.07, 6.45) is 3.48. The molecule has 1 aromatic carbocycles. The molecule has 0 bridgehead atoms. The Labute approximate surface area is 173 Å². The second-order valence-electron chi connectivity index (χ2n) is 5.06. The molecule has 8 heteroatoms. The van der Waals surface area contributed by atoms with Crippen LogP contribution in [0.1, 0.15) is 38.1 Å². The van der Waals surface area contributed by atoms with Crippen LogP contribution in [0, 0.1) is 0 Å². The summed E-state index contributed by atoms with van der Waals surface area (Å²) in [5, 5.41) is 10.7. The molecule has 0 aliphatic carbocycles. The fraction of sp³-hybridized carbons (Fsp3) is 0.300. The molecule has 0 saturated carbocycles. The average molecular weight is 422 g/mol. The number of aryl methyl sites for hydroxylation is 1. The zero-order chi connectivity index (χ0) is 21.4. The molecule has 3 rings (SSSR count). The van der Waals surface area contributed by atoms with E-state index in [0.717, 1.165) is 0 Å². The zero-order valence-corrected chi connectivity index (χ0v) is 18.4. The number of carboxylic acids is 1. The van der Waals surface area contributed by atoms with Crippen molar-refractivity contribution in [1.29, 1.82) is 0 Å². The van der Waals surface area contributed by atoms with Gasteiger partial charge < -0.3 is 5.11 Å². The van der Waals surface area contributed by atoms with E-state index in [1.54, 1.807) is 19.3 Å². The summed E-state index contributed by atoms with van der Waals surface area (Å²) in [6, 6.07) is 5.89. The van der Waals surface area contributed by atoms with Crippen molar-refractivity contribution < 1.29 is 9.90 Å². The van der Waals surface area contributed by atoms with Crippen molar-refractivity contribution >= 4 is 40.4 Å². The van der Waals surface area contributed by atoms with Crippen LogP contribution in [0.2, 0.25) is 5.02 Å². The highest BCUT2D eigenvalue weighted by Crippen LogP contribution is 2.28. The molecule has 0 saturated heterocycles. The first-order valence-corrected chi connectivity index (χ1v) is 10.5. The quantitative estimate of drug-likeness (QED) is 0.466. The lowest BCUT2D eigenvalue weighted by atomic mass is 10.0. The summed E-state index contributed by atoms with van der Waals surface area (Å²) in [6.45, 7) is 8.00. The number of fused-ring (bicyclic) bond motifs is 1. The Hall–Kier alpha value is -2.38. The molecule has 0 aliphatic heterocycles. The number of rotatable bonds is 3. The van der Waals surface area contributed by atoms with Gasteiger partial charge in [-0.3, -0.25) is 9.36 Å². The summed E-state index contributed by atoms with van der Waals surface area (Å²) >= 11 is 7.57. The summed E-state index contributed by atoms with van der Waals surface area (Å²) < 4.78 is 1.41. The van der Waals surface area contributed by atoms with E-state index in [4.69, 9.17) is 16.7 Å². The van der Waals surface area contributed by atoms with Gasteiger partial charge >= 0.3 is 5.97 Å². The molecule has 150 valence electrons. The third-order valence-electron chi connectivity index (χ3n) is 3.61. The predicted octanol–water partition coefficient (Wildman–Crippen LogP) is 5.12. The maximum absolute atomic E-state index is 12.7. The molecule has 0 amide bonds. The maximum Gasteiger partial charge on any atom is 0.335 e. The van der Waals surface area contributed by atoms with Crippen molar-refractivity contribution in [1.82, 2.24) is 14.5 Å². The Balaban J connectivity index is 0.000000921. The van der Waals surface area contributed by atoms with Gasteiger partial charge in [0.2, 0.25) is 0 Å². The van der Waals surface area contributed by atoms with Crippen molar-refractivity contribution in [2.24, 2.45) is 7.05 Å². The van der Waals surface area contributed by atoms with Crippen molar-refractivity contribution in [2.75, 3.05) is 6.26 Å². The maximum atomic E-state index is 12.7. The lowest BCUT2D eigenvalue weighted by Crippen LogP contribution is -2.20. The second-order valence-corrected chi connectivity index (χ2v) is 6.24. The highest BCUT2D eigenvalue weighted by Gasteiger charge is 2.15. The van der Waals surface area contributed by atoms with Crippen molar-refractivity contribution in [3.05, 3.63) is 51.4 Å². The molecule has 0 unspecified atom stereocenters. The molecule has 0 spiro atoms. The molecule has 2 heterocycles. The molecule has 2 aromatic heterocycles. The fourth-order valence-electron chi connectivity index (χ4n) is 2.39. The number of halogens is 1. The van der Waals surface area contributed by atoms with Gasteiger partial charge in [-0.05, 0) is 30.5 Å². The first-order valence-electron chi connectivity index (χ1n) is 8.86. The van der Waals surface area contributed by atoms with E-state index < -0.39 is 5.97 Å². The molecule has 0 aliphatic rings. The van der Waals surface area contributed by atoms with E-state index in [2.05, 4.69) is 9.97 Å². The average Bonchev–Trinajstić information content (AvgIpc) is 2.73. The minimum Gasteiger partial charge on any atom is -0.478 e. The number of carbonyl (C=O) groups is 1. The molecular formula is C20H24ClN3O3S. The largest absolute Gasteiger partial charge is 0.478 e. The van der Waals surface area contributed by atoms with Crippen molar-refractivity contribution in [3.63, 3.8) is 0 Å². The third-order valence-corrected chi connectivity index (χ3v) is 4.50. The van der Waals surface area contributed by atoms with Crippen LogP contribution < -0.4 is 5.56 Å². The zero-order valence-electron chi connectivity index (χ0n) is 16.8. The van der Waals surface area contributed by atoms with Gasteiger partial charge in [0, 0.05) is 34.8 Å². The van der Waals surface area contributed by atoms with E-state index in [1.807, 2.05) is 34.0 Å². The highest BCUT2D eigenvalue weighted by atomic mass is 35.5. The number of hydrogen-bond donors (Lipinski definition) is 1.